The first-order valence-corrected chi connectivity index (χ1v) is 7.41. The van der Waals surface area contributed by atoms with Crippen molar-refractivity contribution < 1.29 is 24.0 Å². The molecule has 2 aliphatic rings. The van der Waals surface area contributed by atoms with Crippen LogP contribution < -0.4 is 0 Å². The van der Waals surface area contributed by atoms with E-state index in [0.29, 0.717) is 11.1 Å². The molecule has 0 saturated heterocycles. The van der Waals surface area contributed by atoms with Gasteiger partial charge in [0.05, 0.1) is 12.8 Å². The predicted molar refractivity (Wildman–Crippen MR) is 82.9 cm³/mol. The lowest BCUT2D eigenvalue weighted by atomic mass is 9.96. The minimum Gasteiger partial charge on any atom is -0.294 e. The van der Waals surface area contributed by atoms with Crippen LogP contribution in [0.2, 0.25) is 0 Å². The van der Waals surface area contributed by atoms with E-state index in [1.54, 1.807) is 0 Å². The third-order valence-electron chi connectivity index (χ3n) is 4.41. The molecule has 0 amide bonds. The number of carbonyl (C=O) groups is 5. The fraction of sp³-hybridized carbons (Fsp3) is 0.105. The van der Waals surface area contributed by atoms with Crippen molar-refractivity contribution >= 4 is 28.9 Å². The number of hydrogen-bond acceptors (Lipinski definition) is 5. The molecule has 24 heavy (non-hydrogen) atoms. The number of hydrogen-bond donors (Lipinski definition) is 0. The maximum absolute atomic E-state index is 12.6. The van der Waals surface area contributed by atoms with Crippen molar-refractivity contribution in [3.8, 4) is 0 Å². The number of Topliss-reactive ketones (excluding diaryl/α,β-unsaturated/α-hetero) is 4. The molecule has 0 N–H and O–H groups in total. The molecule has 0 fully saturated rings. The number of benzene rings is 2. The van der Waals surface area contributed by atoms with Gasteiger partial charge in [0, 0.05) is 33.4 Å². The number of carbonyl (C=O) groups excluding carboxylic acids is 5. The van der Waals surface area contributed by atoms with Crippen molar-refractivity contribution in [3.05, 3.63) is 69.8 Å². The molecule has 0 saturated carbocycles. The van der Waals surface area contributed by atoms with Gasteiger partial charge in [-0.15, -0.1) is 0 Å². The van der Waals surface area contributed by atoms with E-state index in [4.69, 9.17) is 0 Å². The quantitative estimate of drug-likeness (QED) is 0.627. The summed E-state index contributed by atoms with van der Waals surface area (Å²) < 4.78 is 0. The molecule has 0 spiro atoms. The maximum Gasteiger partial charge on any atom is 0.193 e. The van der Waals surface area contributed by atoms with Crippen LogP contribution in [-0.4, -0.2) is 28.9 Å². The topological polar surface area (TPSA) is 85.3 Å². The van der Waals surface area contributed by atoms with Gasteiger partial charge in [0.1, 0.15) is 0 Å². The highest BCUT2D eigenvalue weighted by molar-refractivity contribution is 6.26. The highest BCUT2D eigenvalue weighted by Gasteiger charge is 2.30. The first kappa shape index (κ1) is 14.4. The SMILES string of the molecule is O=C(c1ccc2c(c1)C(=O)CC2=O)c1ccc2c(c1)C(=O)CC2=O. The Hall–Kier alpha value is -3.21. The molecule has 0 bridgehead atoms. The largest absolute Gasteiger partial charge is 0.294 e. The van der Waals surface area contributed by atoms with E-state index in [-0.39, 0.29) is 64.0 Å². The molecule has 5 heteroatoms. The Bertz CT molecular complexity index is 917. The molecule has 116 valence electrons. The Morgan fingerprint density at radius 3 is 1.38 bits per heavy atom. The molecule has 2 aromatic carbocycles. The molecule has 2 aromatic rings. The van der Waals surface area contributed by atoms with Crippen molar-refractivity contribution in [2.75, 3.05) is 0 Å². The number of rotatable bonds is 2. The lowest BCUT2D eigenvalue weighted by molar-refractivity contribution is 0.0906. The van der Waals surface area contributed by atoms with Gasteiger partial charge in [0.15, 0.2) is 28.9 Å². The normalized spacial score (nSPS) is 15.7. The van der Waals surface area contributed by atoms with Crippen molar-refractivity contribution in [2.24, 2.45) is 0 Å². The third kappa shape index (κ3) is 1.98. The van der Waals surface area contributed by atoms with Crippen LogP contribution in [0.5, 0.6) is 0 Å². The van der Waals surface area contributed by atoms with Gasteiger partial charge in [-0.2, -0.15) is 0 Å². The van der Waals surface area contributed by atoms with E-state index in [2.05, 4.69) is 0 Å². The average Bonchev–Trinajstić information content (AvgIpc) is 3.02. The lowest BCUT2D eigenvalue weighted by Gasteiger charge is -2.05. The second kappa shape index (κ2) is 4.89. The van der Waals surface area contributed by atoms with Gasteiger partial charge in [-0.05, 0) is 24.3 Å². The Morgan fingerprint density at radius 2 is 0.958 bits per heavy atom. The third-order valence-corrected chi connectivity index (χ3v) is 4.41. The van der Waals surface area contributed by atoms with Crippen LogP contribution in [0.25, 0.3) is 0 Å². The van der Waals surface area contributed by atoms with Crippen LogP contribution in [0, 0.1) is 0 Å². The second-order valence-corrected chi connectivity index (χ2v) is 5.90. The fourth-order valence-corrected chi connectivity index (χ4v) is 3.16. The fourth-order valence-electron chi connectivity index (χ4n) is 3.16. The lowest BCUT2D eigenvalue weighted by Crippen LogP contribution is -2.05. The smallest absolute Gasteiger partial charge is 0.193 e. The Morgan fingerprint density at radius 1 is 0.583 bits per heavy atom. The molecule has 0 aliphatic heterocycles. The summed E-state index contributed by atoms with van der Waals surface area (Å²) in [6.45, 7) is 0. The molecule has 0 aromatic heterocycles. The number of fused-ring (bicyclic) bond motifs is 2. The van der Waals surface area contributed by atoms with Gasteiger partial charge in [0.25, 0.3) is 0 Å². The highest BCUT2D eigenvalue weighted by atomic mass is 16.2. The highest BCUT2D eigenvalue weighted by Crippen LogP contribution is 2.27. The molecular weight excluding hydrogens is 308 g/mol. The minimum absolute atomic E-state index is 0.164. The van der Waals surface area contributed by atoms with Crippen LogP contribution in [0.1, 0.15) is 70.2 Å². The summed E-state index contributed by atoms with van der Waals surface area (Å²) in [5.74, 6) is -1.43. The van der Waals surface area contributed by atoms with Gasteiger partial charge in [0.2, 0.25) is 0 Å². The van der Waals surface area contributed by atoms with Crippen molar-refractivity contribution in [2.45, 2.75) is 12.8 Å². The van der Waals surface area contributed by atoms with Gasteiger partial charge in [-0.25, -0.2) is 0 Å². The van der Waals surface area contributed by atoms with Crippen molar-refractivity contribution in [3.63, 3.8) is 0 Å². The summed E-state index contributed by atoms with van der Waals surface area (Å²) in [6.07, 6.45) is -0.329. The molecule has 0 atom stereocenters. The molecule has 4 rings (SSSR count). The van der Waals surface area contributed by atoms with E-state index in [9.17, 15) is 24.0 Å². The summed E-state index contributed by atoms with van der Waals surface area (Å²) >= 11 is 0. The standard InChI is InChI=1S/C19H10O5/c20-15-7-17(22)13-5-9(1-3-11(13)15)19(24)10-2-4-12-14(6-10)18(23)8-16(12)21/h1-6H,7-8H2. The van der Waals surface area contributed by atoms with Crippen molar-refractivity contribution in [1.29, 1.82) is 0 Å². The van der Waals surface area contributed by atoms with Gasteiger partial charge < -0.3 is 0 Å². The van der Waals surface area contributed by atoms with E-state index in [0.717, 1.165) is 0 Å². The summed E-state index contributed by atoms with van der Waals surface area (Å²) in [5.41, 5.74) is 1.75. The summed E-state index contributed by atoms with van der Waals surface area (Å²) in [7, 11) is 0. The van der Waals surface area contributed by atoms with Crippen LogP contribution in [0.4, 0.5) is 0 Å². The van der Waals surface area contributed by atoms with Crippen LogP contribution in [-0.2, 0) is 0 Å². The van der Waals surface area contributed by atoms with E-state index < -0.39 is 0 Å². The zero-order chi connectivity index (χ0) is 17.0. The number of ketones is 5. The predicted octanol–water partition coefficient (Wildman–Crippen LogP) is 2.46. The van der Waals surface area contributed by atoms with Crippen LogP contribution >= 0.6 is 0 Å². The molecule has 0 unspecified atom stereocenters. The monoisotopic (exact) mass is 318 g/mol. The second-order valence-electron chi connectivity index (χ2n) is 5.90. The zero-order valence-electron chi connectivity index (χ0n) is 12.4. The van der Waals surface area contributed by atoms with Gasteiger partial charge >= 0.3 is 0 Å². The Kier molecular flexibility index (Phi) is 2.93. The van der Waals surface area contributed by atoms with E-state index >= 15 is 0 Å². The summed E-state index contributed by atoms with van der Waals surface area (Å²) in [6, 6.07) is 8.81. The van der Waals surface area contributed by atoms with Gasteiger partial charge in [-0.3, -0.25) is 24.0 Å². The van der Waals surface area contributed by atoms with Gasteiger partial charge in [-0.1, -0.05) is 12.1 Å². The van der Waals surface area contributed by atoms with Crippen LogP contribution in [0.15, 0.2) is 36.4 Å². The zero-order valence-corrected chi connectivity index (χ0v) is 12.4. The molecule has 0 heterocycles. The van der Waals surface area contributed by atoms with Crippen LogP contribution in [0.3, 0.4) is 0 Å². The average molecular weight is 318 g/mol. The molecular formula is C19H10O5. The Labute approximate surface area is 136 Å². The first-order valence-electron chi connectivity index (χ1n) is 7.41. The van der Waals surface area contributed by atoms with E-state index in [1.165, 1.54) is 36.4 Å². The molecule has 0 radical (unpaired) electrons. The molecule has 2 aliphatic carbocycles. The maximum atomic E-state index is 12.6. The molecule has 5 nitrogen and oxygen atoms in total. The summed E-state index contributed by atoms with van der Waals surface area (Å²) in [5, 5.41) is 0. The minimum atomic E-state index is -0.361. The first-order chi connectivity index (χ1) is 11.5. The Balaban J connectivity index is 1.76. The van der Waals surface area contributed by atoms with Crippen molar-refractivity contribution in [1.82, 2.24) is 0 Å². The summed E-state index contributed by atoms with van der Waals surface area (Å²) in [4.78, 5) is 59.5. The van der Waals surface area contributed by atoms with E-state index in [1.807, 2.05) is 0 Å².